The van der Waals surface area contributed by atoms with Crippen molar-refractivity contribution >= 4 is 11.4 Å². The van der Waals surface area contributed by atoms with Crippen LogP contribution in [0.1, 0.15) is 75.3 Å². The summed E-state index contributed by atoms with van der Waals surface area (Å²) >= 11 is 0. The van der Waals surface area contributed by atoms with Gasteiger partial charge in [0.2, 0.25) is 0 Å². The number of nitrogens with zero attached hydrogens (tertiary/aromatic N) is 2. The first-order chi connectivity index (χ1) is 16.9. The zero-order chi connectivity index (χ0) is 23.0. The molecule has 0 N–H and O–H groups in total. The number of anilines is 2. The Balaban J connectivity index is 1.39. The first-order valence-corrected chi connectivity index (χ1v) is 13.6. The molecule has 0 unspecified atom stereocenters. The van der Waals surface area contributed by atoms with Gasteiger partial charge in [-0.3, -0.25) is 0 Å². The van der Waals surface area contributed by atoms with E-state index in [1.54, 1.807) is 0 Å². The van der Waals surface area contributed by atoms with Gasteiger partial charge in [-0.2, -0.15) is 0 Å². The van der Waals surface area contributed by atoms with Gasteiger partial charge in [-0.15, -0.1) is 0 Å². The van der Waals surface area contributed by atoms with Crippen molar-refractivity contribution in [2.45, 2.75) is 89.4 Å². The van der Waals surface area contributed by atoms with Gasteiger partial charge in [-0.1, -0.05) is 99.2 Å². The lowest BCUT2D eigenvalue weighted by Gasteiger charge is -2.38. The van der Waals surface area contributed by atoms with Crippen molar-refractivity contribution in [2.24, 2.45) is 0 Å². The largest absolute Gasteiger partial charge is 0.364 e. The Hall–Kier alpha value is -2.74. The summed E-state index contributed by atoms with van der Waals surface area (Å²) in [6.07, 6.45) is 13.5. The normalized spacial score (nSPS) is 17.4. The molecule has 0 radical (unpaired) electrons. The standard InChI is InChI=1S/C32H40N2/c1-5-13-27(14-6-1)25-33(29-17-9-3-10-18-29)31-21-23-32(24-22-31)34(30-19-11-4-12-20-30)26-28-15-7-2-8-16-28/h1-2,5-8,13-16,21-24,29-30H,3-4,9-12,17-20,25-26H2. The molecule has 0 bridgehead atoms. The van der Waals surface area contributed by atoms with Crippen LogP contribution in [-0.4, -0.2) is 12.1 Å². The highest BCUT2D eigenvalue weighted by molar-refractivity contribution is 5.58. The maximum Gasteiger partial charge on any atom is 0.0432 e. The SMILES string of the molecule is c1ccc(CN(c2ccc(N(Cc3ccccc3)C3CCCCC3)cc2)C2CCCCC2)cc1. The summed E-state index contributed by atoms with van der Waals surface area (Å²) in [5, 5.41) is 0. The third kappa shape index (κ3) is 5.84. The average Bonchev–Trinajstić information content (AvgIpc) is 2.93. The van der Waals surface area contributed by atoms with Gasteiger partial charge in [0, 0.05) is 36.5 Å². The highest BCUT2D eigenvalue weighted by Gasteiger charge is 2.24. The van der Waals surface area contributed by atoms with E-state index in [0.717, 1.165) is 13.1 Å². The van der Waals surface area contributed by atoms with Crippen LogP contribution in [0.4, 0.5) is 11.4 Å². The minimum absolute atomic E-state index is 0.651. The van der Waals surface area contributed by atoms with Crippen LogP contribution in [0.25, 0.3) is 0 Å². The van der Waals surface area contributed by atoms with Crippen molar-refractivity contribution in [1.82, 2.24) is 0 Å². The average molecular weight is 453 g/mol. The van der Waals surface area contributed by atoms with Gasteiger partial charge in [0.25, 0.3) is 0 Å². The molecular formula is C32H40N2. The molecule has 0 atom stereocenters. The summed E-state index contributed by atoms with van der Waals surface area (Å²) in [5.74, 6) is 0. The quantitative estimate of drug-likeness (QED) is 0.339. The van der Waals surface area contributed by atoms with E-state index in [4.69, 9.17) is 0 Å². The molecule has 3 aromatic rings. The van der Waals surface area contributed by atoms with Crippen molar-refractivity contribution in [3.8, 4) is 0 Å². The number of hydrogen-bond acceptors (Lipinski definition) is 2. The van der Waals surface area contributed by atoms with Crippen LogP contribution in [0.2, 0.25) is 0 Å². The summed E-state index contributed by atoms with van der Waals surface area (Å²) in [4.78, 5) is 5.36. The smallest absolute Gasteiger partial charge is 0.0432 e. The van der Waals surface area contributed by atoms with Gasteiger partial charge in [-0.05, 0) is 61.1 Å². The Kier molecular flexibility index (Phi) is 7.85. The van der Waals surface area contributed by atoms with E-state index < -0.39 is 0 Å². The van der Waals surface area contributed by atoms with Crippen molar-refractivity contribution in [3.05, 3.63) is 96.1 Å². The topological polar surface area (TPSA) is 6.48 Å². The van der Waals surface area contributed by atoms with E-state index in [-0.39, 0.29) is 0 Å². The molecule has 0 spiro atoms. The Morgan fingerprint density at radius 1 is 0.441 bits per heavy atom. The highest BCUT2D eigenvalue weighted by atomic mass is 15.2. The van der Waals surface area contributed by atoms with Gasteiger partial charge < -0.3 is 9.80 Å². The molecule has 2 aliphatic carbocycles. The van der Waals surface area contributed by atoms with Crippen molar-refractivity contribution in [3.63, 3.8) is 0 Å². The first kappa shape index (κ1) is 23.0. The minimum atomic E-state index is 0.651. The molecule has 178 valence electrons. The molecular weight excluding hydrogens is 412 g/mol. The summed E-state index contributed by atoms with van der Waals surface area (Å²) in [7, 11) is 0. The van der Waals surface area contributed by atoms with Crippen LogP contribution in [0, 0.1) is 0 Å². The van der Waals surface area contributed by atoms with Crippen molar-refractivity contribution in [2.75, 3.05) is 9.80 Å². The summed E-state index contributed by atoms with van der Waals surface area (Å²) in [6, 6.07) is 32.9. The molecule has 0 aliphatic heterocycles. The fraction of sp³-hybridized carbons (Fsp3) is 0.438. The van der Waals surface area contributed by atoms with E-state index in [2.05, 4.69) is 94.7 Å². The lowest BCUT2D eigenvalue weighted by atomic mass is 9.92. The first-order valence-electron chi connectivity index (χ1n) is 13.6. The lowest BCUT2D eigenvalue weighted by molar-refractivity contribution is 0.412. The van der Waals surface area contributed by atoms with Gasteiger partial charge >= 0.3 is 0 Å². The molecule has 0 heterocycles. The number of rotatable bonds is 8. The summed E-state index contributed by atoms with van der Waals surface area (Å²) in [6.45, 7) is 2.00. The molecule has 34 heavy (non-hydrogen) atoms. The highest BCUT2D eigenvalue weighted by Crippen LogP contribution is 2.33. The second-order valence-electron chi connectivity index (χ2n) is 10.3. The molecule has 2 aliphatic rings. The number of benzene rings is 3. The minimum Gasteiger partial charge on any atom is -0.364 e. The molecule has 2 nitrogen and oxygen atoms in total. The molecule has 3 aromatic carbocycles. The summed E-state index contributed by atoms with van der Waals surface area (Å²) < 4.78 is 0. The third-order valence-electron chi connectivity index (χ3n) is 7.94. The van der Waals surface area contributed by atoms with Crippen LogP contribution >= 0.6 is 0 Å². The maximum atomic E-state index is 2.68. The van der Waals surface area contributed by atoms with E-state index in [1.165, 1.54) is 86.7 Å². The Labute approximate surface area is 206 Å². The zero-order valence-corrected chi connectivity index (χ0v) is 20.6. The van der Waals surface area contributed by atoms with Gasteiger partial charge in [0.1, 0.15) is 0 Å². The van der Waals surface area contributed by atoms with E-state index in [1.807, 2.05) is 0 Å². The molecule has 2 heteroatoms. The van der Waals surface area contributed by atoms with Crippen LogP contribution in [0.15, 0.2) is 84.9 Å². The monoisotopic (exact) mass is 452 g/mol. The maximum absolute atomic E-state index is 2.68. The Morgan fingerprint density at radius 3 is 1.15 bits per heavy atom. The van der Waals surface area contributed by atoms with Crippen LogP contribution in [-0.2, 0) is 13.1 Å². The second kappa shape index (κ2) is 11.6. The number of hydrogen-bond donors (Lipinski definition) is 0. The Morgan fingerprint density at radius 2 is 0.794 bits per heavy atom. The van der Waals surface area contributed by atoms with Gasteiger partial charge in [0.05, 0.1) is 0 Å². The molecule has 0 amide bonds. The van der Waals surface area contributed by atoms with Gasteiger partial charge in [-0.25, -0.2) is 0 Å². The fourth-order valence-electron chi connectivity index (χ4n) is 6.04. The van der Waals surface area contributed by atoms with E-state index in [0.29, 0.717) is 12.1 Å². The van der Waals surface area contributed by atoms with Crippen molar-refractivity contribution in [1.29, 1.82) is 0 Å². The molecule has 2 saturated carbocycles. The molecule has 5 rings (SSSR count). The van der Waals surface area contributed by atoms with Crippen LogP contribution < -0.4 is 9.80 Å². The third-order valence-corrected chi connectivity index (χ3v) is 7.94. The second-order valence-corrected chi connectivity index (χ2v) is 10.3. The predicted octanol–water partition coefficient (Wildman–Crippen LogP) is 8.37. The predicted molar refractivity (Wildman–Crippen MR) is 145 cm³/mol. The van der Waals surface area contributed by atoms with Crippen molar-refractivity contribution < 1.29 is 0 Å². The summed E-state index contributed by atoms with van der Waals surface area (Å²) in [5.41, 5.74) is 5.57. The van der Waals surface area contributed by atoms with Gasteiger partial charge in [0.15, 0.2) is 0 Å². The van der Waals surface area contributed by atoms with E-state index >= 15 is 0 Å². The van der Waals surface area contributed by atoms with E-state index in [9.17, 15) is 0 Å². The van der Waals surface area contributed by atoms with Crippen LogP contribution in [0.3, 0.4) is 0 Å². The molecule has 2 fully saturated rings. The Bertz CT molecular complexity index is 888. The lowest BCUT2D eigenvalue weighted by Crippen LogP contribution is -2.37. The fourth-order valence-corrected chi connectivity index (χ4v) is 6.04. The molecule has 0 saturated heterocycles. The zero-order valence-electron chi connectivity index (χ0n) is 20.6. The van der Waals surface area contributed by atoms with Crippen LogP contribution in [0.5, 0.6) is 0 Å². The molecule has 0 aromatic heterocycles.